The van der Waals surface area contributed by atoms with Crippen molar-refractivity contribution in [2.75, 3.05) is 33.0 Å². The van der Waals surface area contributed by atoms with Crippen LogP contribution in [-0.4, -0.2) is 51.2 Å². The van der Waals surface area contributed by atoms with Crippen LogP contribution in [0.1, 0.15) is 85.0 Å². The summed E-state index contributed by atoms with van der Waals surface area (Å²) in [7, 11) is 0. The van der Waals surface area contributed by atoms with E-state index in [4.69, 9.17) is 15.2 Å². The molecular formula is C26H48N2O4. The number of unbranched alkanes of at least 4 members (excludes halogenated alkanes) is 3. The third-order valence-corrected chi connectivity index (χ3v) is 7.01. The lowest BCUT2D eigenvalue weighted by Crippen LogP contribution is -2.35. The lowest BCUT2D eigenvalue weighted by Gasteiger charge is -2.30. The first-order valence-electron chi connectivity index (χ1n) is 12.6. The number of carbonyl (C=O) groups excluding carboxylic acids is 2. The molecule has 1 saturated carbocycles. The summed E-state index contributed by atoms with van der Waals surface area (Å²) in [6.07, 6.45) is 10.9. The van der Waals surface area contributed by atoms with Crippen molar-refractivity contribution in [3.05, 3.63) is 12.2 Å². The SMILES string of the molecule is C=C(C(N)CCCCCCOCCOCCNC(=O)C1CCC(C=O)CC1)C(C)(C)CC. The summed E-state index contributed by atoms with van der Waals surface area (Å²) in [6.45, 7) is 13.7. The molecule has 0 radical (unpaired) electrons. The molecule has 1 aliphatic carbocycles. The number of hydrogen-bond acceptors (Lipinski definition) is 5. The molecule has 0 saturated heterocycles. The molecule has 0 aromatic carbocycles. The fourth-order valence-electron chi connectivity index (χ4n) is 4.06. The van der Waals surface area contributed by atoms with E-state index in [0.717, 1.165) is 70.7 Å². The summed E-state index contributed by atoms with van der Waals surface area (Å²) >= 11 is 0. The quantitative estimate of drug-likeness (QED) is 0.183. The van der Waals surface area contributed by atoms with Gasteiger partial charge in [-0.3, -0.25) is 4.79 Å². The van der Waals surface area contributed by atoms with Gasteiger partial charge in [0.05, 0.1) is 19.8 Å². The Balaban J connectivity index is 1.88. The fourth-order valence-corrected chi connectivity index (χ4v) is 4.06. The Kier molecular flexibility index (Phi) is 14.7. The van der Waals surface area contributed by atoms with Gasteiger partial charge < -0.3 is 25.3 Å². The minimum absolute atomic E-state index is 0.0484. The van der Waals surface area contributed by atoms with Gasteiger partial charge >= 0.3 is 0 Å². The summed E-state index contributed by atoms with van der Waals surface area (Å²) in [5, 5.41) is 2.93. The smallest absolute Gasteiger partial charge is 0.223 e. The van der Waals surface area contributed by atoms with Crippen molar-refractivity contribution in [3.63, 3.8) is 0 Å². The molecule has 0 aromatic heterocycles. The second kappa shape index (κ2) is 16.4. The molecule has 0 spiro atoms. The predicted octanol–water partition coefficient (Wildman–Crippen LogP) is 4.41. The molecule has 1 unspecified atom stereocenters. The van der Waals surface area contributed by atoms with Crippen LogP contribution >= 0.6 is 0 Å². The largest absolute Gasteiger partial charge is 0.379 e. The van der Waals surface area contributed by atoms with Crippen LogP contribution in [0.15, 0.2) is 12.2 Å². The van der Waals surface area contributed by atoms with Gasteiger partial charge in [-0.15, -0.1) is 0 Å². The minimum atomic E-state index is 0.0484. The molecule has 0 aliphatic heterocycles. The highest BCUT2D eigenvalue weighted by Crippen LogP contribution is 2.31. The van der Waals surface area contributed by atoms with Gasteiger partial charge in [0.25, 0.3) is 0 Å². The van der Waals surface area contributed by atoms with Crippen molar-refractivity contribution in [2.45, 2.75) is 91.0 Å². The molecule has 32 heavy (non-hydrogen) atoms. The summed E-state index contributed by atoms with van der Waals surface area (Å²) in [5.41, 5.74) is 7.60. The summed E-state index contributed by atoms with van der Waals surface area (Å²) in [4.78, 5) is 22.9. The van der Waals surface area contributed by atoms with E-state index in [1.54, 1.807) is 0 Å². The Labute approximate surface area is 196 Å². The predicted molar refractivity (Wildman–Crippen MR) is 130 cm³/mol. The zero-order chi connectivity index (χ0) is 23.8. The zero-order valence-corrected chi connectivity index (χ0v) is 20.8. The van der Waals surface area contributed by atoms with E-state index in [0.29, 0.717) is 26.4 Å². The van der Waals surface area contributed by atoms with E-state index in [1.165, 1.54) is 12.0 Å². The number of nitrogens with one attached hydrogen (secondary N) is 1. The minimum Gasteiger partial charge on any atom is -0.379 e. The van der Waals surface area contributed by atoms with Crippen molar-refractivity contribution < 1.29 is 19.1 Å². The number of nitrogens with two attached hydrogens (primary N) is 1. The maximum atomic E-state index is 12.1. The second-order valence-corrected chi connectivity index (χ2v) is 9.84. The lowest BCUT2D eigenvalue weighted by molar-refractivity contribution is -0.127. The maximum absolute atomic E-state index is 12.1. The number of hydrogen-bond donors (Lipinski definition) is 2. The number of aldehydes is 1. The number of amides is 1. The molecule has 1 fully saturated rings. The van der Waals surface area contributed by atoms with Crippen LogP contribution in [0.25, 0.3) is 0 Å². The number of rotatable bonds is 18. The fraction of sp³-hybridized carbons (Fsp3) is 0.846. The second-order valence-electron chi connectivity index (χ2n) is 9.84. The molecule has 6 heteroatoms. The lowest BCUT2D eigenvalue weighted by atomic mass is 9.78. The summed E-state index contributed by atoms with van der Waals surface area (Å²) in [5.74, 6) is 0.283. The van der Waals surface area contributed by atoms with Crippen molar-refractivity contribution in [2.24, 2.45) is 23.0 Å². The molecule has 0 bridgehead atoms. The normalized spacial score (nSPS) is 20.0. The molecule has 0 heterocycles. The van der Waals surface area contributed by atoms with Gasteiger partial charge in [0.2, 0.25) is 5.91 Å². The van der Waals surface area contributed by atoms with Gasteiger partial charge in [-0.2, -0.15) is 0 Å². The third kappa shape index (κ3) is 11.6. The molecule has 6 nitrogen and oxygen atoms in total. The molecule has 1 aliphatic rings. The van der Waals surface area contributed by atoms with Crippen molar-refractivity contribution in [1.29, 1.82) is 0 Å². The summed E-state index contributed by atoms with van der Waals surface area (Å²) < 4.78 is 11.2. The van der Waals surface area contributed by atoms with Crippen molar-refractivity contribution >= 4 is 12.2 Å². The van der Waals surface area contributed by atoms with Crippen molar-refractivity contribution in [3.8, 4) is 0 Å². The third-order valence-electron chi connectivity index (χ3n) is 7.01. The molecule has 1 atom stereocenters. The topological polar surface area (TPSA) is 90.7 Å². The standard InChI is InChI=1S/C26H48N2O4/c1-5-26(3,4)21(2)24(27)10-8-6-7-9-16-31-18-19-32-17-15-28-25(30)23-13-11-22(20-29)12-14-23/h20,22-24H,2,5-19,27H2,1,3-4H3,(H,28,30). The zero-order valence-electron chi connectivity index (χ0n) is 20.8. The highest BCUT2D eigenvalue weighted by molar-refractivity contribution is 5.78. The Morgan fingerprint density at radius 2 is 1.69 bits per heavy atom. The van der Waals surface area contributed by atoms with Crippen LogP contribution in [0.5, 0.6) is 0 Å². The number of carbonyl (C=O) groups is 2. The van der Waals surface area contributed by atoms with Crippen LogP contribution < -0.4 is 11.1 Å². The average molecular weight is 453 g/mol. The van der Waals surface area contributed by atoms with Gasteiger partial charge in [0.15, 0.2) is 0 Å². The van der Waals surface area contributed by atoms with Crippen LogP contribution in [0.4, 0.5) is 0 Å². The monoisotopic (exact) mass is 452 g/mol. The first-order valence-corrected chi connectivity index (χ1v) is 12.6. The van der Waals surface area contributed by atoms with Gasteiger partial charge in [-0.25, -0.2) is 0 Å². The highest BCUT2D eigenvalue weighted by atomic mass is 16.5. The molecule has 186 valence electrons. The van der Waals surface area contributed by atoms with E-state index in [9.17, 15) is 9.59 Å². The number of ether oxygens (including phenoxy) is 2. The molecule has 3 N–H and O–H groups in total. The van der Waals surface area contributed by atoms with Crippen LogP contribution in [0.3, 0.4) is 0 Å². The molecule has 1 amide bonds. The van der Waals surface area contributed by atoms with Gasteiger partial charge in [0.1, 0.15) is 6.29 Å². The molecule has 1 rings (SSSR count). The highest BCUT2D eigenvalue weighted by Gasteiger charge is 2.25. The van der Waals surface area contributed by atoms with Gasteiger partial charge in [-0.1, -0.05) is 52.2 Å². The Hall–Kier alpha value is -1.24. The first kappa shape index (κ1) is 28.8. The van der Waals surface area contributed by atoms with Gasteiger partial charge in [-0.05, 0) is 50.4 Å². The molecule has 0 aromatic rings. The summed E-state index contributed by atoms with van der Waals surface area (Å²) in [6, 6.07) is 0.0978. The molecular weight excluding hydrogens is 404 g/mol. The van der Waals surface area contributed by atoms with Crippen LogP contribution in [-0.2, 0) is 19.1 Å². The maximum Gasteiger partial charge on any atom is 0.223 e. The van der Waals surface area contributed by atoms with Crippen LogP contribution in [0, 0.1) is 17.3 Å². The Morgan fingerprint density at radius 1 is 1.06 bits per heavy atom. The Bertz CT molecular complexity index is 542. The first-order chi connectivity index (χ1) is 15.3. The van der Waals surface area contributed by atoms with E-state index >= 15 is 0 Å². The van der Waals surface area contributed by atoms with E-state index < -0.39 is 0 Å². The van der Waals surface area contributed by atoms with Crippen molar-refractivity contribution in [1.82, 2.24) is 5.32 Å². The van der Waals surface area contributed by atoms with E-state index in [1.807, 2.05) is 0 Å². The van der Waals surface area contributed by atoms with E-state index in [-0.39, 0.29) is 29.2 Å². The van der Waals surface area contributed by atoms with Crippen LogP contribution in [0.2, 0.25) is 0 Å². The average Bonchev–Trinajstić information content (AvgIpc) is 2.81. The Morgan fingerprint density at radius 3 is 2.31 bits per heavy atom. The van der Waals surface area contributed by atoms with E-state index in [2.05, 4.69) is 32.7 Å². The van der Waals surface area contributed by atoms with Gasteiger partial charge in [0, 0.05) is 31.0 Å².